The summed E-state index contributed by atoms with van der Waals surface area (Å²) in [6, 6.07) is 11.9. The molecule has 2 heterocycles. The molecule has 2 aromatic carbocycles. The van der Waals surface area contributed by atoms with Crippen molar-refractivity contribution < 1.29 is 29.3 Å². The summed E-state index contributed by atoms with van der Waals surface area (Å²) in [4.78, 5) is 34.5. The van der Waals surface area contributed by atoms with Crippen LogP contribution in [0.5, 0.6) is 11.5 Å². The highest BCUT2D eigenvalue weighted by molar-refractivity contribution is 5.88. The smallest absolute Gasteiger partial charge is 0.341 e. The average Bonchev–Trinajstić information content (AvgIpc) is 2.81. The molecule has 0 fully saturated rings. The fraction of sp³-hybridized carbons (Fsp3) is 0.240. The van der Waals surface area contributed by atoms with Crippen molar-refractivity contribution in [3.63, 3.8) is 0 Å². The van der Waals surface area contributed by atoms with E-state index in [0.717, 1.165) is 29.5 Å². The maximum Gasteiger partial charge on any atom is 0.341 e. The Morgan fingerprint density at radius 2 is 1.79 bits per heavy atom. The molecule has 170 valence electrons. The number of hydrogen-bond donors (Lipinski definition) is 2. The van der Waals surface area contributed by atoms with Gasteiger partial charge in [0.05, 0.1) is 25.0 Å². The van der Waals surface area contributed by atoms with Crippen LogP contribution in [0.25, 0.3) is 11.3 Å². The molecule has 8 nitrogen and oxygen atoms in total. The summed E-state index contributed by atoms with van der Waals surface area (Å²) >= 11 is 0. The second-order valence-corrected chi connectivity index (χ2v) is 7.80. The van der Waals surface area contributed by atoms with Crippen LogP contribution in [0.15, 0.2) is 53.5 Å². The molecule has 0 saturated carbocycles. The fourth-order valence-corrected chi connectivity index (χ4v) is 3.98. The third kappa shape index (κ3) is 4.59. The Labute approximate surface area is 189 Å². The maximum absolute atomic E-state index is 12.2. The van der Waals surface area contributed by atoms with Crippen LogP contribution in [0, 0.1) is 0 Å². The van der Waals surface area contributed by atoms with Gasteiger partial charge in [0.2, 0.25) is 0 Å². The van der Waals surface area contributed by atoms with E-state index < -0.39 is 17.4 Å². The number of methoxy groups -OCH3 is 1. The molecule has 33 heavy (non-hydrogen) atoms. The van der Waals surface area contributed by atoms with Gasteiger partial charge in [0.25, 0.3) is 0 Å². The average molecular weight is 449 g/mol. The minimum atomic E-state index is -1.24. The Balaban J connectivity index is 1.49. The van der Waals surface area contributed by atoms with Crippen LogP contribution in [0.1, 0.15) is 38.3 Å². The molecule has 0 radical (unpaired) electrons. The minimum absolute atomic E-state index is 0.244. The maximum atomic E-state index is 12.2. The Bertz CT molecular complexity index is 1280. The van der Waals surface area contributed by atoms with E-state index in [1.165, 1.54) is 12.3 Å². The summed E-state index contributed by atoms with van der Waals surface area (Å²) in [5.41, 5.74) is 2.99. The van der Waals surface area contributed by atoms with E-state index in [1.807, 2.05) is 12.1 Å². The van der Waals surface area contributed by atoms with Gasteiger partial charge >= 0.3 is 11.9 Å². The number of aromatic carboxylic acids is 2. The van der Waals surface area contributed by atoms with Crippen molar-refractivity contribution in [1.29, 1.82) is 0 Å². The number of aryl methyl sites for hydroxylation is 3. The van der Waals surface area contributed by atoms with Gasteiger partial charge in [-0.15, -0.1) is 0 Å². The summed E-state index contributed by atoms with van der Waals surface area (Å²) < 4.78 is 13.3. The van der Waals surface area contributed by atoms with Gasteiger partial charge in [0.1, 0.15) is 5.56 Å². The van der Waals surface area contributed by atoms with E-state index in [2.05, 4.69) is 0 Å². The lowest BCUT2D eigenvalue weighted by atomic mass is 9.96. The number of rotatable bonds is 8. The predicted molar refractivity (Wildman–Crippen MR) is 121 cm³/mol. The van der Waals surface area contributed by atoms with Gasteiger partial charge in [0.15, 0.2) is 16.9 Å². The first-order valence-corrected chi connectivity index (χ1v) is 10.5. The Hall–Kier alpha value is -4.07. The van der Waals surface area contributed by atoms with Gasteiger partial charge < -0.3 is 24.3 Å². The zero-order valence-corrected chi connectivity index (χ0v) is 18.0. The molecule has 0 aliphatic carbocycles. The number of hydrogen-bond acceptors (Lipinski definition) is 5. The SMILES string of the molecule is COc1cc2c(cc1OCCCc1ccc(C(=O)O)cc1)CCn1cc(C(=O)O)c(=O)cc1-2. The van der Waals surface area contributed by atoms with E-state index in [9.17, 15) is 19.5 Å². The highest BCUT2D eigenvalue weighted by Gasteiger charge is 2.22. The molecule has 8 heteroatoms. The molecule has 2 N–H and O–H groups in total. The quantitative estimate of drug-likeness (QED) is 0.506. The molecule has 1 aromatic heterocycles. The second kappa shape index (κ2) is 9.20. The van der Waals surface area contributed by atoms with Gasteiger partial charge in [-0.05, 0) is 54.7 Å². The summed E-state index contributed by atoms with van der Waals surface area (Å²) in [7, 11) is 1.54. The van der Waals surface area contributed by atoms with Crippen molar-refractivity contribution >= 4 is 11.9 Å². The molecular weight excluding hydrogens is 426 g/mol. The largest absolute Gasteiger partial charge is 0.493 e. The Kier molecular flexibility index (Phi) is 6.17. The molecule has 1 aliphatic rings. The lowest BCUT2D eigenvalue weighted by Crippen LogP contribution is -2.22. The molecule has 0 saturated heterocycles. The normalized spacial score (nSPS) is 11.9. The van der Waals surface area contributed by atoms with Gasteiger partial charge in [-0.2, -0.15) is 0 Å². The lowest BCUT2D eigenvalue weighted by molar-refractivity contribution is 0.0684. The molecule has 1 aliphatic heterocycles. The van der Waals surface area contributed by atoms with Crippen molar-refractivity contribution in [3.8, 4) is 22.8 Å². The van der Waals surface area contributed by atoms with E-state index in [0.29, 0.717) is 36.8 Å². The number of nitrogens with zero attached hydrogens (tertiary/aromatic N) is 1. The van der Waals surface area contributed by atoms with Crippen LogP contribution >= 0.6 is 0 Å². The van der Waals surface area contributed by atoms with Crippen molar-refractivity contribution in [2.75, 3.05) is 13.7 Å². The summed E-state index contributed by atoms with van der Waals surface area (Å²) in [6.45, 7) is 1.01. The zero-order valence-electron chi connectivity index (χ0n) is 18.0. The number of aromatic nitrogens is 1. The number of carboxylic acids is 2. The number of carbonyl (C=O) groups is 2. The molecule has 0 atom stereocenters. The van der Waals surface area contributed by atoms with Crippen LogP contribution in [0.3, 0.4) is 0 Å². The van der Waals surface area contributed by atoms with Crippen molar-refractivity contribution in [2.45, 2.75) is 25.8 Å². The Morgan fingerprint density at radius 3 is 2.45 bits per heavy atom. The van der Waals surface area contributed by atoms with Gasteiger partial charge in [-0.3, -0.25) is 4.79 Å². The lowest BCUT2D eigenvalue weighted by Gasteiger charge is -2.24. The number of pyridine rings is 1. The fourth-order valence-electron chi connectivity index (χ4n) is 3.98. The molecule has 0 bridgehead atoms. The van der Waals surface area contributed by atoms with Gasteiger partial charge in [-0.25, -0.2) is 9.59 Å². The number of carboxylic acid groups (broad SMARTS) is 2. The number of fused-ring (bicyclic) bond motifs is 3. The van der Waals surface area contributed by atoms with E-state index in [-0.39, 0.29) is 11.1 Å². The highest BCUT2D eigenvalue weighted by atomic mass is 16.5. The van der Waals surface area contributed by atoms with Crippen LogP contribution in [0.4, 0.5) is 0 Å². The molecular formula is C25H23NO7. The second-order valence-electron chi connectivity index (χ2n) is 7.80. The minimum Gasteiger partial charge on any atom is -0.493 e. The number of benzene rings is 2. The van der Waals surface area contributed by atoms with Gasteiger partial charge in [-0.1, -0.05) is 12.1 Å². The first-order chi connectivity index (χ1) is 15.9. The summed E-state index contributed by atoms with van der Waals surface area (Å²) in [5.74, 6) is -1.04. The Morgan fingerprint density at radius 1 is 1.03 bits per heavy atom. The third-order valence-corrected chi connectivity index (χ3v) is 5.71. The molecule has 0 spiro atoms. The first kappa shape index (κ1) is 22.1. The highest BCUT2D eigenvalue weighted by Crippen LogP contribution is 2.38. The van der Waals surface area contributed by atoms with Crippen LogP contribution in [-0.4, -0.2) is 40.4 Å². The topological polar surface area (TPSA) is 115 Å². The molecule has 0 amide bonds. The predicted octanol–water partition coefficient (Wildman–Crippen LogP) is 3.49. The van der Waals surface area contributed by atoms with E-state index in [4.69, 9.17) is 14.6 Å². The van der Waals surface area contributed by atoms with Crippen LogP contribution in [0.2, 0.25) is 0 Å². The van der Waals surface area contributed by atoms with E-state index in [1.54, 1.807) is 35.9 Å². The van der Waals surface area contributed by atoms with Crippen LogP contribution in [-0.2, 0) is 19.4 Å². The molecule has 3 aromatic rings. The van der Waals surface area contributed by atoms with Crippen molar-refractivity contribution in [2.24, 2.45) is 0 Å². The summed E-state index contributed by atoms with van der Waals surface area (Å²) in [6.07, 6.45) is 3.54. The van der Waals surface area contributed by atoms with Crippen LogP contribution < -0.4 is 14.9 Å². The molecule has 0 unspecified atom stereocenters. The monoisotopic (exact) mass is 449 g/mol. The van der Waals surface area contributed by atoms with Crippen molar-refractivity contribution in [3.05, 3.63) is 81.1 Å². The van der Waals surface area contributed by atoms with Gasteiger partial charge in [0, 0.05) is 24.4 Å². The summed E-state index contributed by atoms with van der Waals surface area (Å²) in [5, 5.41) is 18.2. The standard InChI is InChI=1S/C25H23NO7/c1-32-22-12-18-17(8-9-26-14-19(25(30)31)21(27)13-20(18)26)11-23(22)33-10-2-3-15-4-6-16(7-5-15)24(28)29/h4-7,11-14H,2-3,8-10H2,1H3,(H,28,29)(H,30,31). The van der Waals surface area contributed by atoms with E-state index >= 15 is 0 Å². The zero-order chi connectivity index (χ0) is 23.5. The van der Waals surface area contributed by atoms with Crippen molar-refractivity contribution in [1.82, 2.24) is 4.57 Å². The first-order valence-electron chi connectivity index (χ1n) is 10.5. The molecule has 4 rings (SSSR count). The number of ether oxygens (including phenoxy) is 2. The third-order valence-electron chi connectivity index (χ3n) is 5.71.